The minimum atomic E-state index is -3.60. The van der Waals surface area contributed by atoms with E-state index in [4.69, 9.17) is 4.74 Å². The fourth-order valence-electron chi connectivity index (χ4n) is 3.28. The molecule has 0 aliphatic heterocycles. The van der Waals surface area contributed by atoms with Gasteiger partial charge in [0, 0.05) is 33.4 Å². The Labute approximate surface area is 183 Å². The molecule has 1 aromatic heterocycles. The first-order chi connectivity index (χ1) is 14.1. The molecule has 2 aromatic carbocycles. The number of aryl methyl sites for hydroxylation is 1. The first kappa shape index (κ1) is 22.0. The number of nitrogens with zero attached hydrogens (tertiary/aromatic N) is 1. The smallest absolute Gasteiger partial charge is 0.339 e. The summed E-state index contributed by atoms with van der Waals surface area (Å²) in [7, 11) is -3.60. The van der Waals surface area contributed by atoms with Gasteiger partial charge < -0.3 is 9.30 Å². The molecule has 0 aliphatic carbocycles. The van der Waals surface area contributed by atoms with Crippen molar-refractivity contribution in [2.24, 2.45) is 0 Å². The number of benzene rings is 2. The predicted molar refractivity (Wildman–Crippen MR) is 117 cm³/mol. The van der Waals surface area contributed by atoms with Gasteiger partial charge in [-0.05, 0) is 56.3 Å². The second-order valence-corrected chi connectivity index (χ2v) is 9.76. The largest absolute Gasteiger partial charge is 0.454 e. The highest BCUT2D eigenvalue weighted by atomic mass is 79.9. The summed E-state index contributed by atoms with van der Waals surface area (Å²) in [4.78, 5) is 25.0. The molecule has 0 atom stereocenters. The molecule has 0 unspecified atom stereocenters. The Bertz CT molecular complexity index is 1230. The molecular weight excluding hydrogens is 470 g/mol. The van der Waals surface area contributed by atoms with E-state index in [0.29, 0.717) is 5.56 Å². The second-order valence-electron chi connectivity index (χ2n) is 6.86. The number of carbonyl (C=O) groups excluding carboxylic acids is 2. The van der Waals surface area contributed by atoms with Gasteiger partial charge in [-0.1, -0.05) is 28.1 Å². The van der Waals surface area contributed by atoms with E-state index in [2.05, 4.69) is 15.9 Å². The molecule has 1 heterocycles. The van der Waals surface area contributed by atoms with Crippen LogP contribution >= 0.6 is 15.9 Å². The molecule has 0 bridgehead atoms. The minimum absolute atomic E-state index is 0.0897. The lowest BCUT2D eigenvalue weighted by atomic mass is 10.1. The summed E-state index contributed by atoms with van der Waals surface area (Å²) < 4.78 is 31.8. The molecule has 0 saturated carbocycles. The van der Waals surface area contributed by atoms with Crippen molar-refractivity contribution in [2.75, 3.05) is 12.9 Å². The number of ether oxygens (including phenoxy) is 1. The molecule has 30 heavy (non-hydrogen) atoms. The van der Waals surface area contributed by atoms with Crippen LogP contribution in [-0.4, -0.2) is 37.6 Å². The van der Waals surface area contributed by atoms with Crippen LogP contribution in [0.1, 0.15) is 32.1 Å². The van der Waals surface area contributed by atoms with Gasteiger partial charge in [0.25, 0.3) is 0 Å². The van der Waals surface area contributed by atoms with Crippen molar-refractivity contribution in [1.82, 2.24) is 4.57 Å². The van der Waals surface area contributed by atoms with Gasteiger partial charge in [0.05, 0.1) is 10.5 Å². The SMILES string of the molecule is Cc1cc(C(=O)COC(=O)c2ccccc2S(C)(=O)=O)c(C)n1-c1ccc(Br)cc1. The lowest BCUT2D eigenvalue weighted by Gasteiger charge is -2.10. The Morgan fingerprint density at radius 1 is 1.00 bits per heavy atom. The molecule has 0 N–H and O–H groups in total. The summed E-state index contributed by atoms with van der Waals surface area (Å²) in [6, 6.07) is 15.2. The summed E-state index contributed by atoms with van der Waals surface area (Å²) in [6.07, 6.45) is 1.02. The third-order valence-electron chi connectivity index (χ3n) is 4.66. The number of hydrogen-bond donors (Lipinski definition) is 0. The van der Waals surface area contributed by atoms with Crippen LogP contribution in [0.15, 0.2) is 64.0 Å². The van der Waals surface area contributed by atoms with Crippen LogP contribution in [0, 0.1) is 13.8 Å². The standard InChI is InChI=1S/C22H20BrNO5S/c1-14-12-19(15(2)24(14)17-10-8-16(23)9-11-17)20(25)13-29-22(26)18-6-4-5-7-21(18)30(3,27)28/h4-12H,13H2,1-3H3. The summed E-state index contributed by atoms with van der Waals surface area (Å²) >= 11 is 3.40. The molecule has 3 rings (SSSR count). The molecule has 0 aliphatic rings. The summed E-state index contributed by atoms with van der Waals surface area (Å²) in [6.45, 7) is 3.23. The molecule has 6 nitrogen and oxygen atoms in total. The Morgan fingerprint density at radius 3 is 2.27 bits per heavy atom. The molecule has 0 saturated heterocycles. The van der Waals surface area contributed by atoms with Crippen molar-refractivity contribution in [3.05, 3.63) is 81.6 Å². The molecule has 8 heteroatoms. The van der Waals surface area contributed by atoms with Gasteiger partial charge in [-0.15, -0.1) is 0 Å². The van der Waals surface area contributed by atoms with Gasteiger partial charge in [-0.3, -0.25) is 4.79 Å². The maximum absolute atomic E-state index is 12.7. The first-order valence-electron chi connectivity index (χ1n) is 9.04. The zero-order chi connectivity index (χ0) is 22.1. The monoisotopic (exact) mass is 489 g/mol. The summed E-state index contributed by atoms with van der Waals surface area (Å²) in [5, 5.41) is 0. The number of Topliss-reactive ketones (excluding diaryl/α,β-unsaturated/α-hetero) is 1. The van der Waals surface area contributed by atoms with E-state index in [1.165, 1.54) is 18.2 Å². The maximum Gasteiger partial charge on any atom is 0.339 e. The van der Waals surface area contributed by atoms with E-state index in [0.717, 1.165) is 27.8 Å². The Morgan fingerprint density at radius 2 is 1.63 bits per heavy atom. The van der Waals surface area contributed by atoms with Crippen molar-refractivity contribution in [1.29, 1.82) is 0 Å². The molecule has 3 aromatic rings. The molecule has 0 fully saturated rings. The number of ketones is 1. The topological polar surface area (TPSA) is 82.4 Å². The average Bonchev–Trinajstić information content (AvgIpc) is 3.00. The van der Waals surface area contributed by atoms with Crippen molar-refractivity contribution in [3.63, 3.8) is 0 Å². The van der Waals surface area contributed by atoms with Crippen LogP contribution in [0.3, 0.4) is 0 Å². The fraction of sp³-hybridized carbons (Fsp3) is 0.182. The maximum atomic E-state index is 12.7. The quantitative estimate of drug-likeness (QED) is 0.380. The number of esters is 1. The Hall–Kier alpha value is -2.71. The van der Waals surface area contributed by atoms with Gasteiger partial charge in [0.2, 0.25) is 5.78 Å². The Balaban J connectivity index is 1.81. The highest BCUT2D eigenvalue weighted by molar-refractivity contribution is 9.10. The van der Waals surface area contributed by atoms with Gasteiger partial charge in [-0.25, -0.2) is 13.2 Å². The number of rotatable bonds is 6. The molecule has 0 radical (unpaired) electrons. The zero-order valence-corrected chi connectivity index (χ0v) is 19.1. The van der Waals surface area contributed by atoms with E-state index in [1.807, 2.05) is 42.7 Å². The number of carbonyl (C=O) groups is 2. The zero-order valence-electron chi connectivity index (χ0n) is 16.7. The summed E-state index contributed by atoms with van der Waals surface area (Å²) in [5.74, 6) is -1.22. The van der Waals surface area contributed by atoms with Crippen LogP contribution in [0.2, 0.25) is 0 Å². The van der Waals surface area contributed by atoms with E-state index in [9.17, 15) is 18.0 Å². The van der Waals surface area contributed by atoms with E-state index in [-0.39, 0.29) is 16.2 Å². The van der Waals surface area contributed by atoms with Crippen LogP contribution in [0.4, 0.5) is 0 Å². The van der Waals surface area contributed by atoms with Gasteiger partial charge in [0.15, 0.2) is 16.4 Å². The molecular formula is C22H20BrNO5S. The van der Waals surface area contributed by atoms with Crippen molar-refractivity contribution >= 4 is 37.5 Å². The highest BCUT2D eigenvalue weighted by Crippen LogP contribution is 2.23. The van der Waals surface area contributed by atoms with Gasteiger partial charge in [-0.2, -0.15) is 0 Å². The number of aromatic nitrogens is 1. The third kappa shape index (κ3) is 4.55. The van der Waals surface area contributed by atoms with Gasteiger partial charge in [0.1, 0.15) is 0 Å². The third-order valence-corrected chi connectivity index (χ3v) is 6.34. The first-order valence-corrected chi connectivity index (χ1v) is 11.7. The minimum Gasteiger partial charge on any atom is -0.454 e. The van der Waals surface area contributed by atoms with Crippen molar-refractivity contribution in [3.8, 4) is 5.69 Å². The van der Waals surface area contributed by atoms with Crippen molar-refractivity contribution in [2.45, 2.75) is 18.7 Å². The fourth-order valence-corrected chi connectivity index (χ4v) is 4.42. The lowest BCUT2D eigenvalue weighted by Crippen LogP contribution is -2.17. The number of halogens is 1. The number of hydrogen-bond acceptors (Lipinski definition) is 5. The van der Waals surface area contributed by atoms with E-state index >= 15 is 0 Å². The van der Waals surface area contributed by atoms with Gasteiger partial charge >= 0.3 is 5.97 Å². The van der Waals surface area contributed by atoms with Crippen LogP contribution in [0.5, 0.6) is 0 Å². The van der Waals surface area contributed by atoms with Crippen LogP contribution < -0.4 is 0 Å². The molecule has 156 valence electrons. The van der Waals surface area contributed by atoms with E-state index < -0.39 is 22.4 Å². The van der Waals surface area contributed by atoms with Crippen LogP contribution in [-0.2, 0) is 14.6 Å². The Kier molecular flexibility index (Phi) is 6.28. The van der Waals surface area contributed by atoms with Crippen molar-refractivity contribution < 1.29 is 22.7 Å². The average molecular weight is 490 g/mol. The normalized spacial score (nSPS) is 11.3. The molecule has 0 amide bonds. The highest BCUT2D eigenvalue weighted by Gasteiger charge is 2.22. The molecule has 0 spiro atoms. The predicted octanol–water partition coefficient (Wildman–Crippen LogP) is 4.30. The van der Waals surface area contributed by atoms with E-state index in [1.54, 1.807) is 12.1 Å². The van der Waals surface area contributed by atoms with Crippen LogP contribution in [0.25, 0.3) is 5.69 Å². The summed E-state index contributed by atoms with van der Waals surface area (Å²) in [5.41, 5.74) is 2.86. The number of sulfone groups is 1. The second kappa shape index (κ2) is 8.57. The lowest BCUT2D eigenvalue weighted by molar-refractivity contribution is 0.0471.